The van der Waals surface area contributed by atoms with Crippen LogP contribution in [0.15, 0.2) is 60.8 Å². The van der Waals surface area contributed by atoms with Gasteiger partial charge in [0.2, 0.25) is 0 Å². The Hall–Kier alpha value is -3.52. The molecule has 172 valence electrons. The lowest BCUT2D eigenvalue weighted by molar-refractivity contribution is 0.0285. The molecule has 4 rings (SSSR count). The molecule has 1 N–H and O–H groups in total. The summed E-state index contributed by atoms with van der Waals surface area (Å²) in [5.41, 5.74) is 2.02. The van der Waals surface area contributed by atoms with E-state index in [4.69, 9.17) is 9.47 Å². The van der Waals surface area contributed by atoms with Crippen molar-refractivity contribution >= 4 is 11.6 Å². The average Bonchev–Trinajstić information content (AvgIpc) is 3.13. The molecule has 0 radical (unpaired) electrons. The van der Waals surface area contributed by atoms with Gasteiger partial charge >= 0.3 is 0 Å². The molecule has 0 spiro atoms. The molecule has 8 heteroatoms. The number of amides is 1. The molecule has 1 aliphatic heterocycles. The molecule has 2 heterocycles. The van der Waals surface area contributed by atoms with E-state index in [0.29, 0.717) is 33.8 Å². The number of benzene rings is 2. The number of para-hydroxylation sites is 1. The Kier molecular flexibility index (Phi) is 6.29. The first kappa shape index (κ1) is 22.7. The molecule has 0 saturated heterocycles. The molecule has 0 aliphatic carbocycles. The van der Waals surface area contributed by atoms with Crippen LogP contribution in [0.25, 0.3) is 11.3 Å². The van der Waals surface area contributed by atoms with Crippen molar-refractivity contribution in [3.8, 4) is 22.8 Å². The van der Waals surface area contributed by atoms with Gasteiger partial charge in [0.05, 0.1) is 17.8 Å². The SMILES string of the molecule is CC(C)(O)COc1ccc(N2Cc3c(ccnc3-c3ccccc3OCC(F)F)C2=O)cc1. The fourth-order valence-electron chi connectivity index (χ4n) is 3.59. The van der Waals surface area contributed by atoms with Crippen molar-refractivity contribution in [1.82, 2.24) is 4.98 Å². The molecule has 6 nitrogen and oxygen atoms in total. The third-order valence-corrected chi connectivity index (χ3v) is 5.10. The summed E-state index contributed by atoms with van der Waals surface area (Å²) in [6, 6.07) is 15.5. The van der Waals surface area contributed by atoms with E-state index in [9.17, 15) is 18.7 Å². The molecule has 1 aliphatic rings. The summed E-state index contributed by atoms with van der Waals surface area (Å²) < 4.78 is 36.2. The number of rotatable bonds is 8. The maximum atomic E-state index is 13.1. The van der Waals surface area contributed by atoms with Crippen LogP contribution in [-0.4, -0.2) is 41.2 Å². The number of carbonyl (C=O) groups is 1. The van der Waals surface area contributed by atoms with Gasteiger partial charge in [0.25, 0.3) is 12.3 Å². The number of nitrogens with zero attached hydrogens (tertiary/aromatic N) is 2. The number of hydrogen-bond acceptors (Lipinski definition) is 5. The lowest BCUT2D eigenvalue weighted by atomic mass is 10.0. The summed E-state index contributed by atoms with van der Waals surface area (Å²) in [4.78, 5) is 19.2. The van der Waals surface area contributed by atoms with Crippen LogP contribution in [0.2, 0.25) is 0 Å². The number of anilines is 1. The molecule has 0 bridgehead atoms. The van der Waals surface area contributed by atoms with Crippen molar-refractivity contribution in [3.05, 3.63) is 71.9 Å². The normalized spacial score (nSPS) is 13.4. The molecule has 33 heavy (non-hydrogen) atoms. The second-order valence-electron chi connectivity index (χ2n) is 8.37. The molecule has 0 unspecified atom stereocenters. The summed E-state index contributed by atoms with van der Waals surface area (Å²) >= 11 is 0. The maximum Gasteiger partial charge on any atom is 0.272 e. The van der Waals surface area contributed by atoms with Crippen molar-refractivity contribution in [2.45, 2.75) is 32.4 Å². The van der Waals surface area contributed by atoms with Gasteiger partial charge in [-0.25, -0.2) is 8.78 Å². The Labute approximate surface area is 190 Å². The van der Waals surface area contributed by atoms with Crippen LogP contribution in [0.1, 0.15) is 29.8 Å². The summed E-state index contributed by atoms with van der Waals surface area (Å²) in [7, 11) is 0. The van der Waals surface area contributed by atoms with Crippen molar-refractivity contribution in [2.24, 2.45) is 0 Å². The van der Waals surface area contributed by atoms with Crippen LogP contribution in [0.3, 0.4) is 0 Å². The molecule has 0 atom stereocenters. The minimum Gasteiger partial charge on any atom is -0.491 e. The van der Waals surface area contributed by atoms with Gasteiger partial charge in [-0.15, -0.1) is 0 Å². The van der Waals surface area contributed by atoms with Crippen LogP contribution in [-0.2, 0) is 6.54 Å². The Morgan fingerprint density at radius 1 is 1.06 bits per heavy atom. The molecule has 3 aromatic rings. The second-order valence-corrected chi connectivity index (χ2v) is 8.37. The highest BCUT2D eigenvalue weighted by Crippen LogP contribution is 2.37. The number of alkyl halides is 2. The van der Waals surface area contributed by atoms with Gasteiger partial charge in [0.1, 0.15) is 24.7 Å². The van der Waals surface area contributed by atoms with E-state index in [1.165, 1.54) is 6.20 Å². The van der Waals surface area contributed by atoms with Crippen LogP contribution in [0.5, 0.6) is 11.5 Å². The van der Waals surface area contributed by atoms with E-state index in [1.54, 1.807) is 73.3 Å². The first-order chi connectivity index (χ1) is 15.7. The Bertz CT molecular complexity index is 1140. The smallest absolute Gasteiger partial charge is 0.272 e. The van der Waals surface area contributed by atoms with Gasteiger partial charge in [-0.05, 0) is 56.3 Å². The quantitative estimate of drug-likeness (QED) is 0.534. The minimum atomic E-state index is -2.60. The zero-order valence-electron chi connectivity index (χ0n) is 18.3. The standard InChI is InChI=1S/C25H24F2N2O4/c1-25(2,31)15-33-17-9-7-16(8-10-17)29-13-20-18(24(29)30)11-12-28-23(20)19-5-3-4-6-21(19)32-14-22(26)27/h3-12,22,31H,13-15H2,1-2H3. The fraction of sp³-hybridized carbons (Fsp3) is 0.280. The number of aromatic nitrogens is 1. The highest BCUT2D eigenvalue weighted by Gasteiger charge is 2.32. The predicted molar refractivity (Wildman–Crippen MR) is 120 cm³/mol. The van der Waals surface area contributed by atoms with Crippen LogP contribution in [0.4, 0.5) is 14.5 Å². The van der Waals surface area contributed by atoms with Crippen molar-refractivity contribution in [1.29, 1.82) is 0 Å². The lowest BCUT2D eigenvalue weighted by Gasteiger charge is -2.19. The molecular formula is C25H24F2N2O4. The lowest BCUT2D eigenvalue weighted by Crippen LogP contribution is -2.27. The van der Waals surface area contributed by atoms with Gasteiger partial charge in [0.15, 0.2) is 0 Å². The first-order valence-corrected chi connectivity index (χ1v) is 10.5. The predicted octanol–water partition coefficient (Wildman–Crippen LogP) is 4.70. The first-order valence-electron chi connectivity index (χ1n) is 10.5. The highest BCUT2D eigenvalue weighted by atomic mass is 19.3. The Balaban J connectivity index is 1.60. The molecular weight excluding hydrogens is 430 g/mol. The third kappa shape index (κ3) is 5.12. The van der Waals surface area contributed by atoms with E-state index in [2.05, 4.69) is 4.98 Å². The van der Waals surface area contributed by atoms with Gasteiger partial charge in [-0.2, -0.15) is 0 Å². The van der Waals surface area contributed by atoms with Crippen molar-refractivity contribution in [2.75, 3.05) is 18.1 Å². The van der Waals surface area contributed by atoms with Crippen LogP contribution in [0, 0.1) is 0 Å². The number of halogens is 2. The summed E-state index contributed by atoms with van der Waals surface area (Å²) in [5, 5.41) is 9.81. The molecule has 1 amide bonds. The average molecular weight is 454 g/mol. The molecule has 2 aromatic carbocycles. The van der Waals surface area contributed by atoms with Crippen molar-refractivity contribution in [3.63, 3.8) is 0 Å². The third-order valence-electron chi connectivity index (χ3n) is 5.10. The molecule has 0 fully saturated rings. The summed E-state index contributed by atoms with van der Waals surface area (Å²) in [5.74, 6) is 0.695. The number of aliphatic hydroxyl groups is 1. The van der Waals surface area contributed by atoms with E-state index < -0.39 is 18.6 Å². The van der Waals surface area contributed by atoms with Crippen molar-refractivity contribution < 1.29 is 28.2 Å². The van der Waals surface area contributed by atoms with Gasteiger partial charge in [0, 0.05) is 28.6 Å². The van der Waals surface area contributed by atoms with Gasteiger partial charge in [-0.1, -0.05) is 12.1 Å². The Morgan fingerprint density at radius 2 is 1.79 bits per heavy atom. The maximum absolute atomic E-state index is 13.1. The summed E-state index contributed by atoms with van der Waals surface area (Å²) in [6.07, 6.45) is -1.06. The monoisotopic (exact) mass is 454 g/mol. The van der Waals surface area contributed by atoms with Crippen LogP contribution < -0.4 is 14.4 Å². The van der Waals surface area contributed by atoms with E-state index >= 15 is 0 Å². The number of fused-ring (bicyclic) bond motifs is 1. The fourth-order valence-corrected chi connectivity index (χ4v) is 3.59. The Morgan fingerprint density at radius 3 is 2.48 bits per heavy atom. The molecule has 1 aromatic heterocycles. The summed E-state index contributed by atoms with van der Waals surface area (Å²) in [6.45, 7) is 3.01. The van der Waals surface area contributed by atoms with E-state index in [-0.39, 0.29) is 24.8 Å². The van der Waals surface area contributed by atoms with Gasteiger partial charge < -0.3 is 19.5 Å². The number of ether oxygens (including phenoxy) is 2. The van der Waals surface area contributed by atoms with Crippen LogP contribution >= 0.6 is 0 Å². The van der Waals surface area contributed by atoms with E-state index in [0.717, 1.165) is 0 Å². The largest absolute Gasteiger partial charge is 0.491 e. The molecule has 0 saturated carbocycles. The number of hydrogen-bond donors (Lipinski definition) is 1. The van der Waals surface area contributed by atoms with Gasteiger partial charge in [-0.3, -0.25) is 9.78 Å². The second kappa shape index (κ2) is 9.15. The number of pyridine rings is 1. The number of carbonyl (C=O) groups excluding carboxylic acids is 1. The highest BCUT2D eigenvalue weighted by molar-refractivity contribution is 6.11. The topological polar surface area (TPSA) is 71.9 Å². The zero-order valence-corrected chi connectivity index (χ0v) is 18.3. The van der Waals surface area contributed by atoms with E-state index in [1.807, 2.05) is 0 Å². The zero-order chi connectivity index (χ0) is 23.6. The minimum absolute atomic E-state index is 0.141.